The number of aliphatic imine (C=N–C) groups is 1. The number of carboxylic acid groups (broad SMARTS) is 2. The standard InChI is InChI=1S/C14H18N2O6S2/c15-9(13(19)20)6-23-24-7-10(14(21)22)16-5-4-8-11(17)2-1-3-12(8)18/h1-3,5,9-10,17-18H,4,6-7,15H2,(H,19,20)(H,21,22)/t9-,10-/m0/s1. The highest BCUT2D eigenvalue weighted by Crippen LogP contribution is 2.26. The summed E-state index contributed by atoms with van der Waals surface area (Å²) in [6.45, 7) is 0. The number of nitrogens with zero attached hydrogens (tertiary/aromatic N) is 1. The van der Waals surface area contributed by atoms with Gasteiger partial charge in [0.25, 0.3) is 0 Å². The van der Waals surface area contributed by atoms with Crippen LogP contribution >= 0.6 is 21.6 Å². The van der Waals surface area contributed by atoms with Gasteiger partial charge >= 0.3 is 11.9 Å². The van der Waals surface area contributed by atoms with Crippen LogP contribution in [0.25, 0.3) is 0 Å². The molecule has 6 N–H and O–H groups in total. The van der Waals surface area contributed by atoms with E-state index in [1.54, 1.807) is 0 Å². The van der Waals surface area contributed by atoms with Gasteiger partial charge in [-0.15, -0.1) is 0 Å². The van der Waals surface area contributed by atoms with E-state index in [1.807, 2.05) is 0 Å². The van der Waals surface area contributed by atoms with Gasteiger partial charge in [-0.25, -0.2) is 4.79 Å². The van der Waals surface area contributed by atoms with Crippen molar-refractivity contribution in [2.24, 2.45) is 10.7 Å². The molecule has 10 heteroatoms. The summed E-state index contributed by atoms with van der Waals surface area (Å²) in [6.07, 6.45) is 1.41. The Labute approximate surface area is 146 Å². The Morgan fingerprint density at radius 1 is 1.12 bits per heavy atom. The molecular weight excluding hydrogens is 356 g/mol. The van der Waals surface area contributed by atoms with Crippen LogP contribution in [0.5, 0.6) is 11.5 Å². The van der Waals surface area contributed by atoms with Crippen molar-refractivity contribution in [3.05, 3.63) is 23.8 Å². The number of hydrogen-bond acceptors (Lipinski definition) is 8. The number of carbonyl (C=O) groups is 2. The minimum absolute atomic E-state index is 0.0873. The normalized spacial score (nSPS) is 13.7. The topological polar surface area (TPSA) is 153 Å². The molecule has 0 aliphatic rings. The van der Waals surface area contributed by atoms with Gasteiger partial charge in [-0.2, -0.15) is 0 Å². The Morgan fingerprint density at radius 3 is 2.25 bits per heavy atom. The molecule has 1 aromatic carbocycles. The summed E-state index contributed by atoms with van der Waals surface area (Å²) < 4.78 is 0. The van der Waals surface area contributed by atoms with Gasteiger partial charge in [0, 0.05) is 29.7 Å². The predicted molar refractivity (Wildman–Crippen MR) is 93.9 cm³/mol. The molecule has 0 radical (unpaired) electrons. The van der Waals surface area contributed by atoms with Crippen LogP contribution in [0.2, 0.25) is 0 Å². The third-order valence-electron chi connectivity index (χ3n) is 2.87. The maximum absolute atomic E-state index is 11.2. The summed E-state index contributed by atoms with van der Waals surface area (Å²) >= 11 is 0. The monoisotopic (exact) mass is 374 g/mol. The lowest BCUT2D eigenvalue weighted by atomic mass is 10.1. The predicted octanol–water partition coefficient (Wildman–Crippen LogP) is 0.958. The molecule has 2 atom stereocenters. The second-order valence-electron chi connectivity index (χ2n) is 4.68. The van der Waals surface area contributed by atoms with Gasteiger partial charge in [-0.1, -0.05) is 27.7 Å². The van der Waals surface area contributed by atoms with Crippen LogP contribution in [0, 0.1) is 0 Å². The first-order valence-electron chi connectivity index (χ1n) is 6.80. The molecule has 1 aromatic rings. The molecule has 8 nitrogen and oxygen atoms in total. The highest BCUT2D eigenvalue weighted by molar-refractivity contribution is 8.76. The molecule has 0 saturated heterocycles. The van der Waals surface area contributed by atoms with E-state index in [0.29, 0.717) is 0 Å². The molecule has 0 bridgehead atoms. The van der Waals surface area contributed by atoms with Gasteiger partial charge in [-0.3, -0.25) is 9.79 Å². The van der Waals surface area contributed by atoms with Crippen LogP contribution in [-0.2, 0) is 16.0 Å². The zero-order valence-electron chi connectivity index (χ0n) is 12.5. The fraction of sp³-hybridized carbons (Fsp3) is 0.357. The highest BCUT2D eigenvalue weighted by atomic mass is 33.1. The number of hydrogen-bond donors (Lipinski definition) is 5. The number of carboxylic acids is 2. The van der Waals surface area contributed by atoms with Gasteiger partial charge < -0.3 is 26.2 Å². The third kappa shape index (κ3) is 6.69. The van der Waals surface area contributed by atoms with Crippen LogP contribution in [0.1, 0.15) is 5.56 Å². The fourth-order valence-electron chi connectivity index (χ4n) is 1.53. The number of benzene rings is 1. The highest BCUT2D eigenvalue weighted by Gasteiger charge is 2.17. The van der Waals surface area contributed by atoms with Crippen LogP contribution in [0.4, 0.5) is 0 Å². The first kappa shape index (κ1) is 20.1. The molecule has 24 heavy (non-hydrogen) atoms. The van der Waals surface area contributed by atoms with Crippen molar-refractivity contribution in [3.8, 4) is 11.5 Å². The number of aromatic hydroxyl groups is 2. The molecule has 0 aromatic heterocycles. The Bertz CT molecular complexity index is 591. The van der Waals surface area contributed by atoms with E-state index in [2.05, 4.69) is 4.99 Å². The van der Waals surface area contributed by atoms with Crippen molar-refractivity contribution in [3.63, 3.8) is 0 Å². The summed E-state index contributed by atoms with van der Waals surface area (Å²) in [4.78, 5) is 25.6. The van der Waals surface area contributed by atoms with Gasteiger partial charge in [0.05, 0.1) is 0 Å². The van der Waals surface area contributed by atoms with Gasteiger partial charge in [0.2, 0.25) is 0 Å². The summed E-state index contributed by atoms with van der Waals surface area (Å²) in [7, 11) is 2.33. The van der Waals surface area contributed by atoms with E-state index in [9.17, 15) is 19.8 Å². The van der Waals surface area contributed by atoms with E-state index >= 15 is 0 Å². The van der Waals surface area contributed by atoms with E-state index < -0.39 is 24.0 Å². The number of phenolic OH excluding ortho intramolecular Hbond substituents is 2. The molecule has 0 aliphatic carbocycles. The Kier molecular flexibility index (Phi) is 8.44. The van der Waals surface area contributed by atoms with Crippen molar-refractivity contribution < 1.29 is 30.0 Å². The molecule has 0 heterocycles. The van der Waals surface area contributed by atoms with Crippen molar-refractivity contribution in [2.75, 3.05) is 11.5 Å². The minimum Gasteiger partial charge on any atom is -0.508 e. The molecule has 0 saturated carbocycles. The maximum Gasteiger partial charge on any atom is 0.329 e. The third-order valence-corrected chi connectivity index (χ3v) is 5.30. The second-order valence-corrected chi connectivity index (χ2v) is 7.23. The quantitative estimate of drug-likeness (QED) is 0.229. The molecule has 0 aliphatic heterocycles. The molecule has 0 spiro atoms. The number of rotatable bonds is 10. The molecule has 1 rings (SSSR count). The fourth-order valence-corrected chi connectivity index (χ4v) is 3.77. The Morgan fingerprint density at radius 2 is 1.71 bits per heavy atom. The largest absolute Gasteiger partial charge is 0.508 e. The van der Waals surface area contributed by atoms with Crippen molar-refractivity contribution in [1.82, 2.24) is 0 Å². The lowest BCUT2D eigenvalue weighted by Crippen LogP contribution is -2.32. The van der Waals surface area contributed by atoms with E-state index in [-0.39, 0.29) is 35.0 Å². The Balaban J connectivity index is 2.51. The lowest BCUT2D eigenvalue weighted by molar-refractivity contribution is -0.138. The van der Waals surface area contributed by atoms with E-state index in [0.717, 1.165) is 10.8 Å². The van der Waals surface area contributed by atoms with Crippen LogP contribution in [0.3, 0.4) is 0 Å². The molecule has 0 amide bonds. The van der Waals surface area contributed by atoms with E-state index in [1.165, 1.54) is 35.2 Å². The van der Waals surface area contributed by atoms with E-state index in [4.69, 9.17) is 15.9 Å². The molecule has 0 unspecified atom stereocenters. The summed E-state index contributed by atoms with van der Waals surface area (Å²) in [5, 5.41) is 37.0. The molecule has 0 fully saturated rings. The number of phenols is 2. The zero-order valence-corrected chi connectivity index (χ0v) is 14.2. The van der Waals surface area contributed by atoms with Crippen molar-refractivity contribution in [1.29, 1.82) is 0 Å². The minimum atomic E-state index is -1.12. The number of nitrogens with two attached hydrogens (primary N) is 1. The summed E-state index contributed by atoms with van der Waals surface area (Å²) in [5.74, 6) is -2.14. The smallest absolute Gasteiger partial charge is 0.329 e. The van der Waals surface area contributed by atoms with Crippen molar-refractivity contribution >= 4 is 39.7 Å². The van der Waals surface area contributed by atoms with Crippen molar-refractivity contribution in [2.45, 2.75) is 18.5 Å². The second kappa shape index (κ2) is 10.1. The average Bonchev–Trinajstić information content (AvgIpc) is 2.51. The van der Waals surface area contributed by atoms with Gasteiger partial charge in [0.15, 0.2) is 6.04 Å². The molecular formula is C14H18N2O6S2. The van der Waals surface area contributed by atoms with Crippen LogP contribution in [-0.4, -0.2) is 62.2 Å². The average molecular weight is 374 g/mol. The number of aliphatic carboxylic acids is 2. The van der Waals surface area contributed by atoms with Crippen LogP contribution in [0.15, 0.2) is 23.2 Å². The summed E-state index contributed by atoms with van der Waals surface area (Å²) in [5.41, 5.74) is 5.60. The van der Waals surface area contributed by atoms with Crippen LogP contribution < -0.4 is 5.73 Å². The lowest BCUT2D eigenvalue weighted by Gasteiger charge is -2.09. The Hall–Kier alpha value is -1.91. The maximum atomic E-state index is 11.2. The first-order valence-corrected chi connectivity index (χ1v) is 9.28. The SMILES string of the molecule is N[C@@H](CSSC[C@H](N=CCc1c(O)cccc1O)C(=O)O)C(=O)O. The van der Waals surface area contributed by atoms with Gasteiger partial charge in [-0.05, 0) is 12.1 Å². The van der Waals surface area contributed by atoms with Gasteiger partial charge in [0.1, 0.15) is 17.5 Å². The summed E-state index contributed by atoms with van der Waals surface area (Å²) in [6, 6.07) is 2.29. The zero-order chi connectivity index (χ0) is 18.1. The molecule has 132 valence electrons. The first-order chi connectivity index (χ1) is 11.3.